The van der Waals surface area contributed by atoms with Gasteiger partial charge in [0.15, 0.2) is 0 Å². The van der Waals surface area contributed by atoms with Crippen LogP contribution in [0.25, 0.3) is 0 Å². The van der Waals surface area contributed by atoms with E-state index in [1.807, 2.05) is 0 Å². The fourth-order valence-electron chi connectivity index (χ4n) is 0.746. The van der Waals surface area contributed by atoms with Crippen LogP contribution in [0.15, 0.2) is 10.1 Å². The smallest absolute Gasteiger partial charge is 0.129 e. The second-order valence-electron chi connectivity index (χ2n) is 5.94. The number of allylic oxidation sites excluding steroid dienone is 1. The molecule has 0 fully saturated rings. The first-order chi connectivity index (χ1) is 7.55. The molecular formula is C13H21BrOSi2. The molecule has 0 rings (SSSR count). The highest BCUT2D eigenvalue weighted by molar-refractivity contribution is 9.11. The van der Waals surface area contributed by atoms with Gasteiger partial charge in [0.1, 0.15) is 16.1 Å². The Morgan fingerprint density at radius 3 is 1.53 bits per heavy atom. The molecule has 0 aromatic rings. The molecule has 0 atom stereocenters. The monoisotopic (exact) mass is 328 g/mol. The van der Waals surface area contributed by atoms with Crippen LogP contribution in [0.2, 0.25) is 39.3 Å². The molecule has 0 bridgehead atoms. The van der Waals surface area contributed by atoms with Crippen molar-refractivity contribution in [2.24, 2.45) is 0 Å². The Labute approximate surface area is 116 Å². The minimum Gasteiger partial charge on any atom is -0.391 e. The summed E-state index contributed by atoms with van der Waals surface area (Å²) < 4.78 is 0.689. The molecule has 17 heavy (non-hydrogen) atoms. The van der Waals surface area contributed by atoms with Crippen molar-refractivity contribution in [3.05, 3.63) is 10.1 Å². The second-order valence-corrected chi connectivity index (χ2v) is 16.4. The van der Waals surface area contributed by atoms with E-state index in [9.17, 15) is 0 Å². The summed E-state index contributed by atoms with van der Waals surface area (Å²) in [5.74, 6) is 6.23. The average Bonchev–Trinajstić information content (AvgIpc) is 2.13. The van der Waals surface area contributed by atoms with Crippen LogP contribution in [0.5, 0.6) is 0 Å². The number of hydrogen-bond acceptors (Lipinski definition) is 1. The Morgan fingerprint density at radius 2 is 1.29 bits per heavy atom. The van der Waals surface area contributed by atoms with E-state index >= 15 is 0 Å². The van der Waals surface area contributed by atoms with Crippen LogP contribution < -0.4 is 0 Å². The van der Waals surface area contributed by atoms with Crippen molar-refractivity contribution in [1.29, 1.82) is 0 Å². The van der Waals surface area contributed by atoms with Gasteiger partial charge in [-0.1, -0.05) is 67.1 Å². The Kier molecular flexibility index (Phi) is 6.51. The molecule has 0 aromatic heterocycles. The summed E-state index contributed by atoms with van der Waals surface area (Å²) >= 11 is 3.33. The molecule has 0 aliphatic rings. The van der Waals surface area contributed by atoms with Gasteiger partial charge in [0, 0.05) is 4.48 Å². The van der Waals surface area contributed by atoms with Crippen molar-refractivity contribution in [2.45, 2.75) is 39.3 Å². The predicted octanol–water partition coefficient (Wildman–Crippen LogP) is 3.39. The Balaban J connectivity index is 5.32. The molecule has 0 saturated heterocycles. The highest BCUT2D eigenvalue weighted by Gasteiger charge is 2.10. The van der Waals surface area contributed by atoms with E-state index in [1.54, 1.807) is 0 Å². The first-order valence-corrected chi connectivity index (χ1v) is 13.4. The maximum atomic E-state index is 9.15. The van der Waals surface area contributed by atoms with Gasteiger partial charge >= 0.3 is 0 Å². The average molecular weight is 329 g/mol. The number of halogens is 1. The van der Waals surface area contributed by atoms with Crippen molar-refractivity contribution < 1.29 is 5.11 Å². The predicted molar refractivity (Wildman–Crippen MR) is 85.3 cm³/mol. The molecule has 4 heteroatoms. The third kappa shape index (κ3) is 9.44. The molecule has 1 N–H and O–H groups in total. The summed E-state index contributed by atoms with van der Waals surface area (Å²) in [6.07, 6.45) is 0. The van der Waals surface area contributed by atoms with Crippen LogP contribution in [0.3, 0.4) is 0 Å². The van der Waals surface area contributed by atoms with Crippen LogP contribution in [-0.4, -0.2) is 27.9 Å². The first-order valence-electron chi connectivity index (χ1n) is 5.61. The van der Waals surface area contributed by atoms with Crippen LogP contribution >= 0.6 is 15.9 Å². The summed E-state index contributed by atoms with van der Waals surface area (Å²) in [6.45, 7) is 13.1. The molecule has 94 valence electrons. The summed E-state index contributed by atoms with van der Waals surface area (Å²) in [7, 11) is -2.82. The van der Waals surface area contributed by atoms with Gasteiger partial charge in [0.05, 0.1) is 12.2 Å². The molecule has 0 heterocycles. The van der Waals surface area contributed by atoms with Crippen molar-refractivity contribution in [3.63, 3.8) is 0 Å². The van der Waals surface area contributed by atoms with E-state index in [0.29, 0.717) is 4.48 Å². The Hall–Kier alpha value is -0.266. The van der Waals surface area contributed by atoms with Gasteiger partial charge < -0.3 is 5.11 Å². The quantitative estimate of drug-likeness (QED) is 0.577. The highest BCUT2D eigenvalue weighted by Crippen LogP contribution is 2.11. The Bertz CT molecular complexity index is 383. The number of hydrogen-bond donors (Lipinski definition) is 1. The van der Waals surface area contributed by atoms with E-state index < -0.39 is 16.1 Å². The summed E-state index contributed by atoms with van der Waals surface area (Å²) in [5, 5.41) is 9.15. The van der Waals surface area contributed by atoms with Crippen molar-refractivity contribution >= 4 is 32.1 Å². The fourth-order valence-corrected chi connectivity index (χ4v) is 1.94. The van der Waals surface area contributed by atoms with Gasteiger partial charge in [-0.3, -0.25) is 0 Å². The molecule has 0 amide bonds. The van der Waals surface area contributed by atoms with Gasteiger partial charge in [-0.15, -0.1) is 11.1 Å². The topological polar surface area (TPSA) is 20.2 Å². The van der Waals surface area contributed by atoms with E-state index in [-0.39, 0.29) is 6.61 Å². The van der Waals surface area contributed by atoms with E-state index in [1.165, 1.54) is 0 Å². The number of aliphatic hydroxyl groups is 1. The second kappa shape index (κ2) is 6.61. The zero-order chi connectivity index (χ0) is 13.7. The SMILES string of the molecule is C[Si](C)(C)C#CC(C#C[Si](C)(C)C)=C(Br)CO. The molecule has 0 aliphatic carbocycles. The lowest BCUT2D eigenvalue weighted by Gasteiger charge is -2.05. The molecule has 0 aromatic carbocycles. The van der Waals surface area contributed by atoms with Crippen LogP contribution in [0.4, 0.5) is 0 Å². The van der Waals surface area contributed by atoms with Gasteiger partial charge in [-0.05, 0) is 0 Å². The Morgan fingerprint density at radius 1 is 0.941 bits per heavy atom. The number of aliphatic hydroxyl groups excluding tert-OH is 1. The lowest BCUT2D eigenvalue weighted by atomic mass is 10.3. The molecule has 0 saturated carbocycles. The zero-order valence-electron chi connectivity index (χ0n) is 11.5. The van der Waals surface area contributed by atoms with Crippen molar-refractivity contribution in [1.82, 2.24) is 0 Å². The summed E-state index contributed by atoms with van der Waals surface area (Å²) in [6, 6.07) is 0. The third-order valence-corrected chi connectivity index (χ3v) is 3.93. The zero-order valence-corrected chi connectivity index (χ0v) is 15.1. The lowest BCUT2D eigenvalue weighted by molar-refractivity contribution is 0.340. The van der Waals surface area contributed by atoms with Gasteiger partial charge in [0.25, 0.3) is 0 Å². The van der Waals surface area contributed by atoms with E-state index in [2.05, 4.69) is 78.1 Å². The molecule has 0 spiro atoms. The maximum absolute atomic E-state index is 9.15. The first kappa shape index (κ1) is 16.7. The third-order valence-electron chi connectivity index (χ3n) is 1.54. The summed E-state index contributed by atoms with van der Waals surface area (Å²) in [4.78, 5) is 0. The van der Waals surface area contributed by atoms with Gasteiger partial charge in [-0.2, -0.15) is 0 Å². The lowest BCUT2D eigenvalue weighted by Crippen LogP contribution is -2.17. The minimum atomic E-state index is -1.41. The maximum Gasteiger partial charge on any atom is 0.129 e. The molecular weight excluding hydrogens is 308 g/mol. The summed E-state index contributed by atoms with van der Waals surface area (Å²) in [5.41, 5.74) is 7.29. The van der Waals surface area contributed by atoms with Gasteiger partial charge in [-0.25, -0.2) is 0 Å². The molecule has 0 unspecified atom stereocenters. The largest absolute Gasteiger partial charge is 0.391 e. The van der Waals surface area contributed by atoms with Crippen molar-refractivity contribution in [3.8, 4) is 22.9 Å². The van der Waals surface area contributed by atoms with Crippen LogP contribution in [-0.2, 0) is 0 Å². The molecule has 0 radical (unpaired) electrons. The van der Waals surface area contributed by atoms with Crippen LogP contribution in [0.1, 0.15) is 0 Å². The fraction of sp³-hybridized carbons (Fsp3) is 0.538. The van der Waals surface area contributed by atoms with Gasteiger partial charge in [0.2, 0.25) is 0 Å². The minimum absolute atomic E-state index is 0.0455. The van der Waals surface area contributed by atoms with E-state index in [4.69, 9.17) is 5.11 Å². The van der Waals surface area contributed by atoms with Crippen LogP contribution in [0, 0.1) is 22.9 Å². The molecule has 1 nitrogen and oxygen atoms in total. The number of rotatable bonds is 1. The van der Waals surface area contributed by atoms with Crippen molar-refractivity contribution in [2.75, 3.05) is 6.61 Å². The normalized spacial score (nSPS) is 10.8. The standard InChI is InChI=1S/C13H21BrOSi2/c1-16(2,3)9-7-12(13(14)11-15)8-10-17(4,5)6/h15H,11H2,1-6H3. The molecule has 0 aliphatic heterocycles. The van der Waals surface area contributed by atoms with E-state index in [0.717, 1.165) is 5.57 Å². The highest BCUT2D eigenvalue weighted by atomic mass is 79.9.